The zero-order chi connectivity index (χ0) is 26.6. The molecule has 194 valence electrons. The molecule has 10 nitrogen and oxygen atoms in total. The van der Waals surface area contributed by atoms with Gasteiger partial charge in [-0.1, -0.05) is 41.5 Å². The summed E-state index contributed by atoms with van der Waals surface area (Å²) < 4.78 is 32.5. The first-order chi connectivity index (χ1) is 14.5. The fourth-order valence-electron chi connectivity index (χ4n) is 4.20. The predicted molar refractivity (Wildman–Crippen MR) is 123 cm³/mol. The lowest BCUT2D eigenvalue weighted by atomic mass is 9.54. The monoisotopic (exact) mass is 495 g/mol. The van der Waals surface area contributed by atoms with Gasteiger partial charge >= 0.3 is 18.0 Å². The minimum Gasteiger partial charge on any atom is -0.481 e. The molecule has 0 aromatic heterocycles. The molecule has 0 aromatic rings. The standard InChI is InChI=1S/C22H41NO9S/c1-19(2,3)15(14(16(24)25)12-11-13-31-33(10,29)30)22(17(26)27,20(4,5)6)23-18(28)32-21(7,8)9/h14-15H,11-13H2,1-10H3,(H,23,28)(H,24,25)(H,26,27)/t14-,15?,22+/m0/s1. The average molecular weight is 496 g/mol. The Bertz CT molecular complexity index is 816. The first-order valence-electron chi connectivity index (χ1n) is 10.8. The van der Waals surface area contributed by atoms with Gasteiger partial charge in [-0.3, -0.25) is 8.98 Å². The van der Waals surface area contributed by atoms with E-state index < -0.39 is 62.0 Å². The summed E-state index contributed by atoms with van der Waals surface area (Å²) in [6.07, 6.45) is -0.0883. The number of carbonyl (C=O) groups excluding carboxylic acids is 1. The molecule has 0 spiro atoms. The molecule has 0 saturated carbocycles. The van der Waals surface area contributed by atoms with E-state index in [0.717, 1.165) is 6.26 Å². The third kappa shape index (κ3) is 9.11. The number of amides is 1. The highest BCUT2D eigenvalue weighted by molar-refractivity contribution is 7.85. The van der Waals surface area contributed by atoms with E-state index in [1.54, 1.807) is 62.3 Å². The van der Waals surface area contributed by atoms with Crippen LogP contribution in [0.3, 0.4) is 0 Å². The Labute approximate surface area is 197 Å². The summed E-state index contributed by atoms with van der Waals surface area (Å²) in [5, 5.41) is 23.1. The Morgan fingerprint density at radius 2 is 1.42 bits per heavy atom. The van der Waals surface area contributed by atoms with Gasteiger partial charge in [0.15, 0.2) is 0 Å². The van der Waals surface area contributed by atoms with Crippen LogP contribution in [0.1, 0.15) is 75.2 Å². The molecule has 0 aliphatic carbocycles. The van der Waals surface area contributed by atoms with Gasteiger partial charge in [-0.25, -0.2) is 9.59 Å². The summed E-state index contributed by atoms with van der Waals surface area (Å²) in [6.45, 7) is 14.6. The summed E-state index contributed by atoms with van der Waals surface area (Å²) in [4.78, 5) is 38.1. The molecule has 1 amide bonds. The maximum atomic E-state index is 12.9. The van der Waals surface area contributed by atoms with Crippen LogP contribution < -0.4 is 5.32 Å². The number of aliphatic carboxylic acids is 2. The molecule has 33 heavy (non-hydrogen) atoms. The Balaban J connectivity index is 6.63. The number of carboxylic acids is 2. The number of ether oxygens (including phenoxy) is 1. The largest absolute Gasteiger partial charge is 0.481 e. The van der Waals surface area contributed by atoms with Gasteiger partial charge in [0, 0.05) is 5.92 Å². The summed E-state index contributed by atoms with van der Waals surface area (Å²) in [7, 11) is -3.70. The van der Waals surface area contributed by atoms with E-state index in [-0.39, 0.29) is 19.4 Å². The first kappa shape index (κ1) is 31.1. The van der Waals surface area contributed by atoms with Crippen molar-refractivity contribution < 1.29 is 41.9 Å². The van der Waals surface area contributed by atoms with Crippen LogP contribution in [0.5, 0.6) is 0 Å². The van der Waals surface area contributed by atoms with Crippen molar-refractivity contribution in [2.45, 2.75) is 86.3 Å². The van der Waals surface area contributed by atoms with E-state index in [1.807, 2.05) is 0 Å². The van der Waals surface area contributed by atoms with E-state index in [4.69, 9.17) is 8.92 Å². The predicted octanol–water partition coefficient (Wildman–Crippen LogP) is 3.50. The number of hydrogen-bond donors (Lipinski definition) is 3. The van der Waals surface area contributed by atoms with E-state index in [2.05, 4.69) is 5.32 Å². The molecule has 0 saturated heterocycles. The summed E-state index contributed by atoms with van der Waals surface area (Å²) in [5.41, 5.74) is -4.97. The highest BCUT2D eigenvalue weighted by Crippen LogP contribution is 2.50. The van der Waals surface area contributed by atoms with Crippen molar-refractivity contribution in [2.75, 3.05) is 12.9 Å². The fourth-order valence-corrected chi connectivity index (χ4v) is 4.63. The van der Waals surface area contributed by atoms with Crippen molar-refractivity contribution in [3.8, 4) is 0 Å². The van der Waals surface area contributed by atoms with Crippen LogP contribution in [0.4, 0.5) is 4.79 Å². The minimum atomic E-state index is -3.70. The van der Waals surface area contributed by atoms with Gasteiger partial charge in [0.2, 0.25) is 0 Å². The third-order valence-electron chi connectivity index (χ3n) is 5.29. The maximum absolute atomic E-state index is 12.9. The SMILES string of the molecule is CC(C)(C)OC(=O)N[C@@](C(=O)O)(C([C@H](CCCOS(C)(=O)=O)C(=O)O)C(C)(C)C)C(C)(C)C. The van der Waals surface area contributed by atoms with E-state index in [0.29, 0.717) is 0 Å². The van der Waals surface area contributed by atoms with Crippen molar-refractivity contribution in [1.29, 1.82) is 0 Å². The van der Waals surface area contributed by atoms with Crippen molar-refractivity contribution in [3.05, 3.63) is 0 Å². The van der Waals surface area contributed by atoms with Gasteiger partial charge in [0.1, 0.15) is 11.1 Å². The second kappa shape index (κ2) is 10.6. The third-order valence-corrected chi connectivity index (χ3v) is 5.89. The van der Waals surface area contributed by atoms with Crippen LogP contribution in [-0.2, 0) is 28.6 Å². The van der Waals surface area contributed by atoms with Crippen LogP contribution in [-0.4, -0.2) is 60.7 Å². The van der Waals surface area contributed by atoms with Crippen molar-refractivity contribution in [1.82, 2.24) is 5.32 Å². The van der Waals surface area contributed by atoms with Crippen LogP contribution in [0.2, 0.25) is 0 Å². The zero-order valence-corrected chi connectivity index (χ0v) is 22.3. The molecule has 0 fully saturated rings. The molecule has 1 unspecified atom stereocenters. The fraction of sp³-hybridized carbons (Fsp3) is 0.864. The quantitative estimate of drug-likeness (QED) is 0.305. The van der Waals surface area contributed by atoms with Gasteiger partial charge in [-0.05, 0) is 44.4 Å². The van der Waals surface area contributed by atoms with Crippen molar-refractivity contribution in [2.24, 2.45) is 22.7 Å². The highest BCUT2D eigenvalue weighted by atomic mass is 32.2. The lowest BCUT2D eigenvalue weighted by molar-refractivity contribution is -0.166. The number of rotatable bonds is 10. The zero-order valence-electron chi connectivity index (χ0n) is 21.4. The van der Waals surface area contributed by atoms with E-state index >= 15 is 0 Å². The van der Waals surface area contributed by atoms with Crippen LogP contribution in [0.15, 0.2) is 0 Å². The van der Waals surface area contributed by atoms with Gasteiger partial charge in [0.25, 0.3) is 10.1 Å². The topological polar surface area (TPSA) is 156 Å². The lowest BCUT2D eigenvalue weighted by Gasteiger charge is -2.53. The molecule has 0 aliphatic rings. The number of alkyl carbamates (subject to hydrolysis) is 1. The smallest absolute Gasteiger partial charge is 0.408 e. The minimum absolute atomic E-state index is 0.0584. The lowest BCUT2D eigenvalue weighted by Crippen LogP contribution is -2.71. The Morgan fingerprint density at radius 3 is 1.73 bits per heavy atom. The second-order valence-corrected chi connectivity index (χ2v) is 13.1. The van der Waals surface area contributed by atoms with Crippen LogP contribution in [0, 0.1) is 22.7 Å². The summed E-state index contributed by atoms with van der Waals surface area (Å²) in [5.74, 6) is -4.99. The van der Waals surface area contributed by atoms with Crippen LogP contribution >= 0.6 is 0 Å². The molecule has 0 rings (SSSR count). The molecule has 0 aliphatic heterocycles. The molecule has 0 aromatic carbocycles. The molecule has 0 radical (unpaired) electrons. The molecule has 3 atom stereocenters. The van der Waals surface area contributed by atoms with Crippen LogP contribution in [0.25, 0.3) is 0 Å². The second-order valence-electron chi connectivity index (χ2n) is 11.4. The Kier molecular flexibility index (Phi) is 9.98. The normalized spacial score (nSPS) is 16.9. The molecule has 0 heterocycles. The van der Waals surface area contributed by atoms with Gasteiger partial charge in [-0.2, -0.15) is 8.42 Å². The summed E-state index contributed by atoms with van der Waals surface area (Å²) in [6, 6.07) is 0. The number of hydrogen-bond acceptors (Lipinski definition) is 7. The molecule has 11 heteroatoms. The molecular formula is C22H41NO9S. The van der Waals surface area contributed by atoms with Gasteiger partial charge < -0.3 is 20.3 Å². The Hall–Kier alpha value is -1.88. The maximum Gasteiger partial charge on any atom is 0.408 e. The summed E-state index contributed by atoms with van der Waals surface area (Å²) >= 11 is 0. The van der Waals surface area contributed by atoms with Crippen molar-refractivity contribution in [3.63, 3.8) is 0 Å². The van der Waals surface area contributed by atoms with E-state index in [9.17, 15) is 33.0 Å². The molecule has 3 N–H and O–H groups in total. The molecular weight excluding hydrogens is 454 g/mol. The van der Waals surface area contributed by atoms with Gasteiger partial charge in [-0.15, -0.1) is 0 Å². The first-order valence-corrected chi connectivity index (χ1v) is 12.6. The van der Waals surface area contributed by atoms with Crippen molar-refractivity contribution >= 4 is 28.1 Å². The Morgan fingerprint density at radius 1 is 0.939 bits per heavy atom. The number of carboxylic acid groups (broad SMARTS) is 2. The number of nitrogens with one attached hydrogen (secondary N) is 1. The van der Waals surface area contributed by atoms with E-state index in [1.165, 1.54) is 0 Å². The van der Waals surface area contributed by atoms with Gasteiger partial charge in [0.05, 0.1) is 18.8 Å². The average Bonchev–Trinajstić information content (AvgIpc) is 2.50. The highest BCUT2D eigenvalue weighted by Gasteiger charge is 2.62. The number of carbonyl (C=O) groups is 3. The molecule has 0 bridgehead atoms.